The lowest BCUT2D eigenvalue weighted by molar-refractivity contribution is -0.138. The third-order valence-corrected chi connectivity index (χ3v) is 4.12. The number of pyridine rings is 1. The van der Waals surface area contributed by atoms with E-state index in [0.717, 1.165) is 18.5 Å². The van der Waals surface area contributed by atoms with Crippen molar-refractivity contribution in [3.05, 3.63) is 30.1 Å². The van der Waals surface area contributed by atoms with E-state index in [1.807, 2.05) is 42.2 Å². The van der Waals surface area contributed by atoms with Gasteiger partial charge < -0.3 is 15.1 Å². The number of rotatable bonds is 7. The van der Waals surface area contributed by atoms with E-state index in [1.165, 1.54) is 0 Å². The standard InChI is InChI=1S/C17H26N4O2/c1-20(2)10-11-21-13-15(5-6-16(21)22)17(23)19-9-7-14-4-3-8-18-12-14/h3-4,8,12,15H,5-7,9-11,13H2,1-2H3,(H,19,23)/t15-/m1/s1. The number of aromatic nitrogens is 1. The van der Waals surface area contributed by atoms with Gasteiger partial charge in [-0.15, -0.1) is 0 Å². The van der Waals surface area contributed by atoms with Gasteiger partial charge in [0.05, 0.1) is 5.92 Å². The zero-order chi connectivity index (χ0) is 16.7. The Morgan fingerprint density at radius 1 is 1.48 bits per heavy atom. The van der Waals surface area contributed by atoms with Crippen LogP contribution in [0.25, 0.3) is 0 Å². The van der Waals surface area contributed by atoms with E-state index in [0.29, 0.717) is 32.5 Å². The van der Waals surface area contributed by atoms with Crippen molar-refractivity contribution >= 4 is 11.8 Å². The summed E-state index contributed by atoms with van der Waals surface area (Å²) >= 11 is 0. The number of likely N-dealkylation sites (tertiary alicyclic amines) is 1. The highest BCUT2D eigenvalue weighted by Crippen LogP contribution is 2.17. The molecule has 1 aromatic rings. The van der Waals surface area contributed by atoms with Gasteiger partial charge in [0, 0.05) is 45.0 Å². The van der Waals surface area contributed by atoms with Crippen LogP contribution in [0.2, 0.25) is 0 Å². The fourth-order valence-corrected chi connectivity index (χ4v) is 2.69. The molecule has 2 amide bonds. The molecule has 6 nitrogen and oxygen atoms in total. The van der Waals surface area contributed by atoms with E-state index in [-0.39, 0.29) is 17.7 Å². The average Bonchev–Trinajstić information content (AvgIpc) is 2.55. The molecular weight excluding hydrogens is 292 g/mol. The lowest BCUT2D eigenvalue weighted by Crippen LogP contribution is -2.47. The first-order chi connectivity index (χ1) is 11.1. The molecule has 23 heavy (non-hydrogen) atoms. The number of hydrogen-bond donors (Lipinski definition) is 1. The Labute approximate surface area is 137 Å². The van der Waals surface area contributed by atoms with E-state index >= 15 is 0 Å². The van der Waals surface area contributed by atoms with Crippen LogP contribution in [0.1, 0.15) is 18.4 Å². The minimum absolute atomic E-state index is 0.0521. The van der Waals surface area contributed by atoms with Crippen molar-refractivity contribution in [2.45, 2.75) is 19.3 Å². The first-order valence-corrected chi connectivity index (χ1v) is 8.15. The van der Waals surface area contributed by atoms with Gasteiger partial charge in [-0.3, -0.25) is 14.6 Å². The molecule has 0 radical (unpaired) electrons. The fraction of sp³-hybridized carbons (Fsp3) is 0.588. The van der Waals surface area contributed by atoms with Crippen molar-refractivity contribution in [2.24, 2.45) is 5.92 Å². The molecule has 0 spiro atoms. The van der Waals surface area contributed by atoms with Crippen LogP contribution in [-0.2, 0) is 16.0 Å². The number of likely N-dealkylation sites (N-methyl/N-ethyl adjacent to an activating group) is 1. The number of amides is 2. The molecule has 1 aliphatic rings. The van der Waals surface area contributed by atoms with Crippen molar-refractivity contribution in [1.82, 2.24) is 20.1 Å². The third kappa shape index (κ3) is 5.63. The number of hydrogen-bond acceptors (Lipinski definition) is 4. The zero-order valence-corrected chi connectivity index (χ0v) is 14.0. The van der Waals surface area contributed by atoms with Crippen LogP contribution in [0.3, 0.4) is 0 Å². The molecule has 1 aliphatic heterocycles. The number of nitrogens with zero attached hydrogens (tertiary/aromatic N) is 3. The van der Waals surface area contributed by atoms with Gasteiger partial charge in [-0.05, 0) is 38.6 Å². The molecule has 0 saturated carbocycles. The minimum Gasteiger partial charge on any atom is -0.355 e. The molecule has 2 heterocycles. The first kappa shape index (κ1) is 17.4. The highest BCUT2D eigenvalue weighted by molar-refractivity contribution is 5.83. The van der Waals surface area contributed by atoms with Crippen LogP contribution in [0.15, 0.2) is 24.5 Å². The average molecular weight is 318 g/mol. The summed E-state index contributed by atoms with van der Waals surface area (Å²) in [5.74, 6) is 0.117. The third-order valence-electron chi connectivity index (χ3n) is 4.12. The number of piperidine rings is 1. The Balaban J connectivity index is 1.76. The Hall–Kier alpha value is -1.95. The molecule has 1 N–H and O–H groups in total. The SMILES string of the molecule is CN(C)CCN1C[C@H](C(=O)NCCc2cccnc2)CCC1=O. The molecule has 1 atom stereocenters. The molecule has 126 valence electrons. The van der Waals surface area contributed by atoms with Gasteiger partial charge in [-0.25, -0.2) is 0 Å². The first-order valence-electron chi connectivity index (χ1n) is 8.15. The van der Waals surface area contributed by atoms with Crippen molar-refractivity contribution in [2.75, 3.05) is 40.3 Å². The predicted molar refractivity (Wildman–Crippen MR) is 88.8 cm³/mol. The summed E-state index contributed by atoms with van der Waals surface area (Å²) in [6.07, 6.45) is 5.44. The monoisotopic (exact) mass is 318 g/mol. The van der Waals surface area contributed by atoms with E-state index in [4.69, 9.17) is 0 Å². The maximum Gasteiger partial charge on any atom is 0.224 e. The van der Waals surface area contributed by atoms with E-state index in [1.54, 1.807) is 6.20 Å². The molecule has 2 rings (SSSR count). The summed E-state index contributed by atoms with van der Waals surface area (Å²) in [4.78, 5) is 32.2. The van der Waals surface area contributed by atoms with Gasteiger partial charge in [0.15, 0.2) is 0 Å². The van der Waals surface area contributed by atoms with Crippen molar-refractivity contribution in [1.29, 1.82) is 0 Å². The van der Waals surface area contributed by atoms with Crippen molar-refractivity contribution in [3.8, 4) is 0 Å². The van der Waals surface area contributed by atoms with Crippen molar-refractivity contribution in [3.63, 3.8) is 0 Å². The van der Waals surface area contributed by atoms with Crippen LogP contribution in [0.4, 0.5) is 0 Å². The van der Waals surface area contributed by atoms with Crippen LogP contribution in [0, 0.1) is 5.92 Å². The molecule has 1 aromatic heterocycles. The number of nitrogens with one attached hydrogen (secondary N) is 1. The van der Waals surface area contributed by atoms with Crippen LogP contribution >= 0.6 is 0 Å². The minimum atomic E-state index is -0.0937. The Morgan fingerprint density at radius 3 is 3.00 bits per heavy atom. The highest BCUT2D eigenvalue weighted by Gasteiger charge is 2.29. The largest absolute Gasteiger partial charge is 0.355 e. The smallest absolute Gasteiger partial charge is 0.224 e. The topological polar surface area (TPSA) is 65.5 Å². The molecular formula is C17H26N4O2. The zero-order valence-electron chi connectivity index (χ0n) is 14.0. The van der Waals surface area contributed by atoms with Crippen LogP contribution in [-0.4, -0.2) is 66.9 Å². The summed E-state index contributed by atoms with van der Waals surface area (Å²) in [7, 11) is 3.97. The summed E-state index contributed by atoms with van der Waals surface area (Å²) in [5.41, 5.74) is 1.11. The van der Waals surface area contributed by atoms with Gasteiger partial charge in [0.2, 0.25) is 11.8 Å². The second-order valence-corrected chi connectivity index (χ2v) is 6.28. The van der Waals surface area contributed by atoms with Gasteiger partial charge in [-0.1, -0.05) is 6.07 Å². The van der Waals surface area contributed by atoms with E-state index < -0.39 is 0 Å². The van der Waals surface area contributed by atoms with E-state index in [2.05, 4.69) is 10.3 Å². The molecule has 0 aliphatic carbocycles. The summed E-state index contributed by atoms with van der Waals surface area (Å²) in [6, 6.07) is 3.90. The van der Waals surface area contributed by atoms with Crippen LogP contribution in [0.5, 0.6) is 0 Å². The van der Waals surface area contributed by atoms with Gasteiger partial charge >= 0.3 is 0 Å². The Morgan fingerprint density at radius 2 is 2.30 bits per heavy atom. The summed E-state index contributed by atoms with van der Waals surface area (Å²) in [6.45, 7) is 2.64. The number of carbonyl (C=O) groups excluding carboxylic acids is 2. The van der Waals surface area contributed by atoms with Gasteiger partial charge in [0.25, 0.3) is 0 Å². The molecule has 0 aromatic carbocycles. The summed E-state index contributed by atoms with van der Waals surface area (Å²) < 4.78 is 0. The fourth-order valence-electron chi connectivity index (χ4n) is 2.69. The molecule has 6 heteroatoms. The normalized spacial score (nSPS) is 18.3. The molecule has 1 fully saturated rings. The maximum atomic E-state index is 12.3. The molecule has 0 unspecified atom stereocenters. The highest BCUT2D eigenvalue weighted by atomic mass is 16.2. The Kier molecular flexibility index (Phi) is 6.52. The number of carbonyl (C=O) groups is 2. The predicted octanol–water partition coefficient (Wildman–Crippen LogP) is 0.541. The lowest BCUT2D eigenvalue weighted by Gasteiger charge is -2.32. The van der Waals surface area contributed by atoms with Crippen LogP contribution < -0.4 is 5.32 Å². The van der Waals surface area contributed by atoms with Gasteiger partial charge in [0.1, 0.15) is 0 Å². The van der Waals surface area contributed by atoms with Gasteiger partial charge in [-0.2, -0.15) is 0 Å². The molecule has 1 saturated heterocycles. The molecule has 0 bridgehead atoms. The second-order valence-electron chi connectivity index (χ2n) is 6.28. The Bertz CT molecular complexity index is 519. The quantitative estimate of drug-likeness (QED) is 0.797. The lowest BCUT2D eigenvalue weighted by atomic mass is 9.96. The maximum absolute atomic E-state index is 12.3. The van der Waals surface area contributed by atoms with E-state index in [9.17, 15) is 9.59 Å². The summed E-state index contributed by atoms with van der Waals surface area (Å²) in [5, 5.41) is 2.99. The van der Waals surface area contributed by atoms with Crippen molar-refractivity contribution < 1.29 is 9.59 Å². The second kappa shape index (κ2) is 8.62.